The van der Waals surface area contributed by atoms with Gasteiger partial charge >= 0.3 is 0 Å². The van der Waals surface area contributed by atoms with Gasteiger partial charge in [0.25, 0.3) is 11.5 Å². The molecule has 0 aliphatic heterocycles. The van der Waals surface area contributed by atoms with Crippen LogP contribution >= 0.6 is 0 Å². The number of Topliss-reactive ketones (excluding diaryl/α,β-unsaturated/α-hetero) is 2. The van der Waals surface area contributed by atoms with E-state index in [0.717, 1.165) is 6.07 Å². The average molecular weight is 293 g/mol. The number of hydrogen-bond donors (Lipinski definition) is 0. The summed E-state index contributed by atoms with van der Waals surface area (Å²) >= 11 is 0. The second kappa shape index (κ2) is 4.08. The molecule has 0 fully saturated rings. The van der Waals surface area contributed by atoms with Crippen molar-refractivity contribution in [1.82, 2.24) is 9.38 Å². The van der Waals surface area contributed by atoms with Crippen molar-refractivity contribution in [3.05, 3.63) is 64.0 Å². The molecule has 0 spiro atoms. The van der Waals surface area contributed by atoms with Crippen molar-refractivity contribution in [3.63, 3.8) is 0 Å². The average Bonchev–Trinajstić information content (AvgIpc) is 2.91. The number of non-ortho nitro benzene ring substituents is 1. The van der Waals surface area contributed by atoms with E-state index >= 15 is 0 Å². The lowest BCUT2D eigenvalue weighted by molar-refractivity contribution is -0.384. The highest BCUT2D eigenvalue weighted by Crippen LogP contribution is 2.35. The van der Waals surface area contributed by atoms with Crippen LogP contribution in [-0.4, -0.2) is 25.9 Å². The number of benzene rings is 1. The quantitative estimate of drug-likeness (QED) is 0.389. The largest absolute Gasteiger partial charge is 0.296 e. The van der Waals surface area contributed by atoms with Crippen LogP contribution in [0.2, 0.25) is 0 Å². The fourth-order valence-corrected chi connectivity index (χ4v) is 2.67. The van der Waals surface area contributed by atoms with Crippen molar-refractivity contribution in [2.75, 3.05) is 0 Å². The van der Waals surface area contributed by atoms with Crippen LogP contribution in [0, 0.1) is 10.1 Å². The summed E-state index contributed by atoms with van der Waals surface area (Å²) < 4.78 is 1.56. The molecule has 0 bridgehead atoms. The van der Waals surface area contributed by atoms with Crippen molar-refractivity contribution in [2.24, 2.45) is 0 Å². The Morgan fingerprint density at radius 2 is 1.86 bits per heavy atom. The first-order valence-electron chi connectivity index (χ1n) is 6.43. The highest BCUT2D eigenvalue weighted by molar-refractivity contribution is 6.52. The molecule has 0 unspecified atom stereocenters. The fourth-order valence-electron chi connectivity index (χ4n) is 2.67. The number of nitrogens with zero attached hydrogens (tertiary/aromatic N) is 3. The first-order valence-corrected chi connectivity index (χ1v) is 6.43. The molecular formula is C15H7N3O4. The van der Waals surface area contributed by atoms with E-state index < -0.39 is 16.5 Å². The second-order valence-electron chi connectivity index (χ2n) is 4.88. The standard InChI is InChI=1S/C15H7N3O4/c19-14-10-7-8(18(21)22)4-5-9(10)12-13(15(14)20)17-6-2-1-3-11(17)16-12/h1-7H. The van der Waals surface area contributed by atoms with Crippen LogP contribution in [0.15, 0.2) is 42.6 Å². The maximum atomic E-state index is 12.4. The van der Waals surface area contributed by atoms with E-state index in [0.29, 0.717) is 16.9 Å². The third-order valence-corrected chi connectivity index (χ3v) is 3.66. The molecule has 0 saturated heterocycles. The lowest BCUT2D eigenvalue weighted by atomic mass is 9.90. The van der Waals surface area contributed by atoms with E-state index in [2.05, 4.69) is 4.98 Å². The lowest BCUT2D eigenvalue weighted by Gasteiger charge is -2.13. The zero-order valence-electron chi connectivity index (χ0n) is 11.0. The summed E-state index contributed by atoms with van der Waals surface area (Å²) in [6, 6.07) is 9.12. The third-order valence-electron chi connectivity index (χ3n) is 3.66. The summed E-state index contributed by atoms with van der Waals surface area (Å²) in [6.45, 7) is 0. The van der Waals surface area contributed by atoms with E-state index in [1.54, 1.807) is 28.8 Å². The monoisotopic (exact) mass is 293 g/mol. The molecule has 1 aromatic carbocycles. The number of nitro benzene ring substituents is 1. The van der Waals surface area contributed by atoms with Gasteiger partial charge in [0.2, 0.25) is 5.78 Å². The Balaban J connectivity index is 2.09. The van der Waals surface area contributed by atoms with Gasteiger partial charge in [-0.05, 0) is 18.2 Å². The number of imidazole rings is 1. The van der Waals surface area contributed by atoms with Crippen molar-refractivity contribution >= 4 is 22.9 Å². The summed E-state index contributed by atoms with van der Waals surface area (Å²) in [5.74, 6) is -1.46. The molecule has 0 saturated carbocycles. The van der Waals surface area contributed by atoms with Crippen LogP contribution in [0.25, 0.3) is 16.9 Å². The summed E-state index contributed by atoms with van der Waals surface area (Å²) in [7, 11) is 0. The normalized spacial score (nSPS) is 13.1. The SMILES string of the molecule is O=C1C(=O)c2c(nc3ccccn23)-c2ccc([N+](=O)[O-])cc21. The molecule has 4 rings (SSSR count). The molecule has 1 aliphatic carbocycles. The molecule has 0 amide bonds. The number of aromatic nitrogens is 2. The maximum Gasteiger partial charge on any atom is 0.270 e. The molecule has 0 atom stereocenters. The summed E-state index contributed by atoms with van der Waals surface area (Å²) in [6.07, 6.45) is 1.66. The van der Waals surface area contributed by atoms with Gasteiger partial charge in [-0.15, -0.1) is 0 Å². The second-order valence-corrected chi connectivity index (χ2v) is 4.88. The van der Waals surface area contributed by atoms with Gasteiger partial charge in [0.1, 0.15) is 17.0 Å². The van der Waals surface area contributed by atoms with Gasteiger partial charge in [0, 0.05) is 29.5 Å². The molecule has 106 valence electrons. The number of hydrogen-bond acceptors (Lipinski definition) is 5. The number of carbonyl (C=O) groups excluding carboxylic acids is 2. The minimum Gasteiger partial charge on any atom is -0.296 e. The Bertz CT molecular complexity index is 1000. The van der Waals surface area contributed by atoms with Crippen LogP contribution in [0.3, 0.4) is 0 Å². The van der Waals surface area contributed by atoms with Crippen LogP contribution in [0.5, 0.6) is 0 Å². The van der Waals surface area contributed by atoms with Gasteiger partial charge in [-0.1, -0.05) is 6.07 Å². The molecule has 7 heteroatoms. The van der Waals surface area contributed by atoms with Crippen LogP contribution in [-0.2, 0) is 0 Å². The van der Waals surface area contributed by atoms with Gasteiger partial charge in [0.15, 0.2) is 0 Å². The molecular weight excluding hydrogens is 286 g/mol. The molecule has 22 heavy (non-hydrogen) atoms. The molecule has 3 aromatic rings. The Hall–Kier alpha value is -3.35. The van der Waals surface area contributed by atoms with Gasteiger partial charge < -0.3 is 0 Å². The molecule has 2 heterocycles. The predicted octanol–water partition coefficient (Wildman–Crippen LogP) is 2.29. The predicted molar refractivity (Wildman–Crippen MR) is 75.9 cm³/mol. The Labute approximate surface area is 123 Å². The molecule has 0 N–H and O–H groups in total. The zero-order chi connectivity index (χ0) is 15.4. The highest BCUT2D eigenvalue weighted by Gasteiger charge is 2.35. The van der Waals surface area contributed by atoms with E-state index in [9.17, 15) is 19.7 Å². The Morgan fingerprint density at radius 3 is 2.64 bits per heavy atom. The lowest BCUT2D eigenvalue weighted by Crippen LogP contribution is -2.22. The van der Waals surface area contributed by atoms with Crippen LogP contribution < -0.4 is 0 Å². The molecule has 7 nitrogen and oxygen atoms in total. The molecule has 0 radical (unpaired) electrons. The minimum absolute atomic E-state index is 0.0232. The van der Waals surface area contributed by atoms with Crippen molar-refractivity contribution in [1.29, 1.82) is 0 Å². The van der Waals surface area contributed by atoms with E-state index in [1.165, 1.54) is 12.1 Å². The number of fused-ring (bicyclic) bond motifs is 5. The van der Waals surface area contributed by atoms with Gasteiger partial charge in [-0.2, -0.15) is 0 Å². The first kappa shape index (κ1) is 12.4. The van der Waals surface area contributed by atoms with E-state index in [4.69, 9.17) is 0 Å². The van der Waals surface area contributed by atoms with Crippen molar-refractivity contribution < 1.29 is 14.5 Å². The number of ketones is 2. The Kier molecular flexibility index (Phi) is 2.30. The number of carbonyl (C=O) groups is 2. The molecule has 1 aliphatic rings. The van der Waals surface area contributed by atoms with Crippen LogP contribution in [0.1, 0.15) is 20.8 Å². The number of nitro groups is 1. The first-order chi connectivity index (χ1) is 10.6. The summed E-state index contributed by atoms with van der Waals surface area (Å²) in [5, 5.41) is 10.9. The third kappa shape index (κ3) is 1.47. The van der Waals surface area contributed by atoms with Gasteiger partial charge in [-0.3, -0.25) is 24.1 Å². The van der Waals surface area contributed by atoms with Crippen molar-refractivity contribution in [3.8, 4) is 11.3 Å². The fraction of sp³-hybridized carbons (Fsp3) is 0. The zero-order valence-corrected chi connectivity index (χ0v) is 11.0. The smallest absolute Gasteiger partial charge is 0.270 e. The summed E-state index contributed by atoms with van der Waals surface area (Å²) in [4.78, 5) is 39.3. The minimum atomic E-state index is -0.753. The Morgan fingerprint density at radius 1 is 1.05 bits per heavy atom. The van der Waals surface area contributed by atoms with E-state index in [-0.39, 0.29) is 16.9 Å². The molecule has 2 aromatic heterocycles. The van der Waals surface area contributed by atoms with E-state index in [1.807, 2.05) is 0 Å². The maximum absolute atomic E-state index is 12.4. The van der Waals surface area contributed by atoms with Crippen LogP contribution in [0.4, 0.5) is 5.69 Å². The topological polar surface area (TPSA) is 94.6 Å². The number of pyridine rings is 1. The van der Waals surface area contributed by atoms with Crippen molar-refractivity contribution in [2.45, 2.75) is 0 Å². The van der Waals surface area contributed by atoms with Gasteiger partial charge in [0.05, 0.1) is 4.92 Å². The highest BCUT2D eigenvalue weighted by atomic mass is 16.6. The number of rotatable bonds is 1. The summed E-state index contributed by atoms with van der Waals surface area (Å²) in [5.41, 5.74) is 1.35. The van der Waals surface area contributed by atoms with Gasteiger partial charge in [-0.25, -0.2) is 4.98 Å².